The molecule has 0 aliphatic rings. The SMILES string of the molecule is O=C(NNc1ncnc(Nc2ccccn2)c1[N+](=O)[O-])c1ccccc1. The van der Waals surface area contributed by atoms with Crippen molar-refractivity contribution >= 4 is 29.0 Å². The van der Waals surface area contributed by atoms with Gasteiger partial charge in [-0.3, -0.25) is 25.8 Å². The number of nitro groups is 1. The second-order valence-electron chi connectivity index (χ2n) is 4.96. The highest BCUT2D eigenvalue weighted by Crippen LogP contribution is 2.30. The first-order chi connectivity index (χ1) is 12.6. The fourth-order valence-corrected chi connectivity index (χ4v) is 2.07. The van der Waals surface area contributed by atoms with Gasteiger partial charge in [0.2, 0.25) is 11.6 Å². The van der Waals surface area contributed by atoms with E-state index in [1.165, 1.54) is 6.20 Å². The van der Waals surface area contributed by atoms with Crippen LogP contribution in [0.5, 0.6) is 0 Å². The molecule has 130 valence electrons. The summed E-state index contributed by atoms with van der Waals surface area (Å²) in [6.45, 7) is 0. The van der Waals surface area contributed by atoms with Crippen molar-refractivity contribution in [1.29, 1.82) is 0 Å². The molecule has 3 aromatic rings. The molecule has 26 heavy (non-hydrogen) atoms. The number of hydrogen-bond donors (Lipinski definition) is 3. The zero-order valence-electron chi connectivity index (χ0n) is 13.3. The standard InChI is InChI=1S/C16H13N7O3/c24-16(11-6-2-1-3-7-11)22-21-15-13(23(25)26)14(18-10-19-15)20-12-8-4-5-9-17-12/h1-10H,(H,22,24)(H2,17,18,19,20,21). The lowest BCUT2D eigenvalue weighted by molar-refractivity contribution is -0.383. The van der Waals surface area contributed by atoms with E-state index in [1.807, 2.05) is 0 Å². The first-order valence-electron chi connectivity index (χ1n) is 7.44. The molecular formula is C16H13N7O3. The summed E-state index contributed by atoms with van der Waals surface area (Å²) in [6.07, 6.45) is 2.67. The number of amides is 1. The average Bonchev–Trinajstić information content (AvgIpc) is 2.67. The third-order valence-electron chi connectivity index (χ3n) is 3.25. The Bertz CT molecular complexity index is 920. The average molecular weight is 351 g/mol. The molecule has 0 radical (unpaired) electrons. The van der Waals surface area contributed by atoms with Crippen LogP contribution in [0, 0.1) is 10.1 Å². The highest BCUT2D eigenvalue weighted by molar-refractivity contribution is 5.95. The Kier molecular flexibility index (Phi) is 4.94. The second kappa shape index (κ2) is 7.66. The normalized spacial score (nSPS) is 10.0. The van der Waals surface area contributed by atoms with Crippen LogP contribution in [-0.2, 0) is 0 Å². The first kappa shape index (κ1) is 16.8. The molecule has 0 saturated carbocycles. The molecule has 3 N–H and O–H groups in total. The van der Waals surface area contributed by atoms with Crippen molar-refractivity contribution in [3.63, 3.8) is 0 Å². The van der Waals surface area contributed by atoms with Crippen LogP contribution < -0.4 is 16.2 Å². The topological polar surface area (TPSA) is 135 Å². The molecule has 0 aliphatic heterocycles. The lowest BCUT2D eigenvalue weighted by atomic mass is 10.2. The summed E-state index contributed by atoms with van der Waals surface area (Å²) >= 11 is 0. The van der Waals surface area contributed by atoms with Crippen molar-refractivity contribution in [3.05, 3.63) is 76.7 Å². The second-order valence-corrected chi connectivity index (χ2v) is 4.96. The third kappa shape index (κ3) is 3.87. The Hall–Kier alpha value is -4.08. The van der Waals surface area contributed by atoms with E-state index in [1.54, 1.807) is 48.5 Å². The maximum Gasteiger partial charge on any atom is 0.355 e. The van der Waals surface area contributed by atoms with E-state index < -0.39 is 16.5 Å². The van der Waals surface area contributed by atoms with Gasteiger partial charge in [0.05, 0.1) is 4.92 Å². The Labute approximate surface area is 147 Å². The monoisotopic (exact) mass is 351 g/mol. The van der Waals surface area contributed by atoms with E-state index in [9.17, 15) is 14.9 Å². The molecule has 0 aliphatic carbocycles. The smallest absolute Gasteiger partial charge is 0.319 e. The fraction of sp³-hybridized carbons (Fsp3) is 0. The Morgan fingerprint density at radius 1 is 0.962 bits per heavy atom. The maximum atomic E-state index is 12.1. The van der Waals surface area contributed by atoms with E-state index in [4.69, 9.17) is 0 Å². The minimum absolute atomic E-state index is 0.0554. The predicted molar refractivity (Wildman–Crippen MR) is 93.7 cm³/mol. The van der Waals surface area contributed by atoms with Gasteiger partial charge in [0.1, 0.15) is 12.1 Å². The van der Waals surface area contributed by atoms with Crippen LogP contribution in [0.25, 0.3) is 0 Å². The van der Waals surface area contributed by atoms with Gasteiger partial charge in [-0.2, -0.15) is 0 Å². The number of anilines is 3. The largest absolute Gasteiger partial charge is 0.355 e. The number of hydrazine groups is 1. The fourth-order valence-electron chi connectivity index (χ4n) is 2.07. The van der Waals surface area contributed by atoms with Crippen molar-refractivity contribution < 1.29 is 9.72 Å². The number of nitrogens with one attached hydrogen (secondary N) is 3. The molecule has 10 nitrogen and oxygen atoms in total. The number of rotatable bonds is 6. The zero-order valence-corrected chi connectivity index (χ0v) is 13.3. The van der Waals surface area contributed by atoms with Crippen molar-refractivity contribution in [2.45, 2.75) is 0 Å². The van der Waals surface area contributed by atoms with Crippen molar-refractivity contribution in [3.8, 4) is 0 Å². The Balaban J connectivity index is 1.82. The van der Waals surface area contributed by atoms with Crippen LogP contribution >= 0.6 is 0 Å². The number of benzene rings is 1. The lowest BCUT2D eigenvalue weighted by Crippen LogP contribution is -2.30. The summed E-state index contributed by atoms with van der Waals surface area (Å²) in [4.78, 5) is 34.6. The molecule has 0 bridgehead atoms. The molecule has 0 saturated heterocycles. The summed E-state index contributed by atoms with van der Waals surface area (Å²) < 4.78 is 0. The molecule has 2 aromatic heterocycles. The van der Waals surface area contributed by atoms with Crippen LogP contribution in [0.4, 0.5) is 23.1 Å². The van der Waals surface area contributed by atoms with Crippen LogP contribution in [-0.4, -0.2) is 25.8 Å². The van der Waals surface area contributed by atoms with Gasteiger partial charge < -0.3 is 5.32 Å². The van der Waals surface area contributed by atoms with Gasteiger partial charge in [-0.05, 0) is 24.3 Å². The molecule has 0 fully saturated rings. The van der Waals surface area contributed by atoms with Crippen LogP contribution in [0.3, 0.4) is 0 Å². The molecule has 0 unspecified atom stereocenters. The van der Waals surface area contributed by atoms with E-state index in [-0.39, 0.29) is 11.6 Å². The van der Waals surface area contributed by atoms with Crippen LogP contribution in [0.15, 0.2) is 61.1 Å². The molecule has 1 aromatic carbocycles. The minimum atomic E-state index is -0.651. The molecule has 3 rings (SSSR count). The van der Waals surface area contributed by atoms with Gasteiger partial charge in [0.15, 0.2) is 0 Å². The maximum absolute atomic E-state index is 12.1. The first-order valence-corrected chi connectivity index (χ1v) is 7.44. The van der Waals surface area contributed by atoms with Gasteiger partial charge in [-0.1, -0.05) is 24.3 Å². The summed E-state index contributed by atoms with van der Waals surface area (Å²) in [7, 11) is 0. The van der Waals surface area contributed by atoms with Crippen LogP contribution in [0.1, 0.15) is 10.4 Å². The minimum Gasteiger partial charge on any atom is -0.319 e. The van der Waals surface area contributed by atoms with Crippen molar-refractivity contribution in [2.24, 2.45) is 0 Å². The van der Waals surface area contributed by atoms with Crippen molar-refractivity contribution in [1.82, 2.24) is 20.4 Å². The highest BCUT2D eigenvalue weighted by atomic mass is 16.6. The molecular weight excluding hydrogens is 338 g/mol. The number of carbonyl (C=O) groups is 1. The van der Waals surface area contributed by atoms with Gasteiger partial charge >= 0.3 is 5.69 Å². The van der Waals surface area contributed by atoms with E-state index in [2.05, 4.69) is 31.1 Å². The van der Waals surface area contributed by atoms with Gasteiger partial charge in [0.25, 0.3) is 5.91 Å². The number of aromatic nitrogens is 3. The Morgan fingerprint density at radius 3 is 2.38 bits per heavy atom. The van der Waals surface area contributed by atoms with E-state index in [0.29, 0.717) is 11.4 Å². The third-order valence-corrected chi connectivity index (χ3v) is 3.25. The summed E-state index contributed by atoms with van der Waals surface area (Å²) in [5.41, 5.74) is 4.81. The number of pyridine rings is 1. The molecule has 2 heterocycles. The zero-order chi connectivity index (χ0) is 18.4. The highest BCUT2D eigenvalue weighted by Gasteiger charge is 2.23. The number of nitrogens with zero attached hydrogens (tertiary/aromatic N) is 4. The quantitative estimate of drug-likeness (QED) is 0.455. The van der Waals surface area contributed by atoms with Crippen LogP contribution in [0.2, 0.25) is 0 Å². The molecule has 0 atom stereocenters. The summed E-state index contributed by atoms with van der Waals surface area (Å²) in [6, 6.07) is 13.5. The van der Waals surface area contributed by atoms with Gasteiger partial charge in [-0.15, -0.1) is 0 Å². The molecule has 0 spiro atoms. The summed E-state index contributed by atoms with van der Waals surface area (Å²) in [5.74, 6) is -0.292. The molecule has 10 heteroatoms. The van der Waals surface area contributed by atoms with Crippen molar-refractivity contribution in [2.75, 3.05) is 10.7 Å². The Morgan fingerprint density at radius 2 is 1.69 bits per heavy atom. The van der Waals surface area contributed by atoms with E-state index >= 15 is 0 Å². The van der Waals surface area contributed by atoms with Gasteiger partial charge in [-0.25, -0.2) is 15.0 Å². The molecule has 1 amide bonds. The lowest BCUT2D eigenvalue weighted by Gasteiger charge is -2.10. The predicted octanol–water partition coefficient (Wildman–Crippen LogP) is 2.28. The van der Waals surface area contributed by atoms with E-state index in [0.717, 1.165) is 6.33 Å². The van der Waals surface area contributed by atoms with Gasteiger partial charge in [0, 0.05) is 11.8 Å². The number of carbonyl (C=O) groups excluding carboxylic acids is 1. The summed E-state index contributed by atoms with van der Waals surface area (Å²) in [5, 5.41) is 14.2. The number of hydrogen-bond acceptors (Lipinski definition) is 8.